The summed E-state index contributed by atoms with van der Waals surface area (Å²) in [4.78, 5) is 0. The maximum atomic E-state index is 2.33. The fraction of sp³-hybridized carbons (Fsp3) is 1.00. The summed E-state index contributed by atoms with van der Waals surface area (Å²) in [5, 5.41) is 0. The molecule has 0 fully saturated rings. The van der Waals surface area contributed by atoms with Gasteiger partial charge in [0.15, 0.2) is 0 Å². The van der Waals surface area contributed by atoms with Crippen molar-refractivity contribution in [3.63, 3.8) is 0 Å². The van der Waals surface area contributed by atoms with Crippen LogP contribution in [0.1, 0.15) is 143 Å². The largest absolute Gasteiger partial charge is 0.0654 e. The smallest absolute Gasteiger partial charge is 0.0414 e. The van der Waals surface area contributed by atoms with Crippen LogP contribution in [0.15, 0.2) is 0 Å². The Labute approximate surface area is 149 Å². The van der Waals surface area contributed by atoms with Gasteiger partial charge in [0.2, 0.25) is 0 Å². The lowest BCUT2D eigenvalue weighted by atomic mass is 9.89. The fourth-order valence-electron chi connectivity index (χ4n) is 3.72. The molecule has 1 atom stereocenters. The maximum absolute atomic E-state index is 2.33. The summed E-state index contributed by atoms with van der Waals surface area (Å²) < 4.78 is 0. The zero-order valence-electron chi connectivity index (χ0n) is 17.0. The Balaban J connectivity index is 3.64. The van der Waals surface area contributed by atoms with E-state index < -0.39 is 0 Å². The zero-order chi connectivity index (χ0) is 17.0. The van der Waals surface area contributed by atoms with Gasteiger partial charge >= 0.3 is 0 Å². The minimum Gasteiger partial charge on any atom is -0.0654 e. The summed E-state index contributed by atoms with van der Waals surface area (Å²) in [5.74, 6) is 1.04. The summed E-state index contributed by atoms with van der Waals surface area (Å²) in [6, 6.07) is 0. The average molecular weight is 325 g/mol. The van der Waals surface area contributed by atoms with Crippen molar-refractivity contribution in [1.82, 2.24) is 0 Å². The Morgan fingerprint density at radius 2 is 0.609 bits per heavy atom. The summed E-state index contributed by atoms with van der Waals surface area (Å²) in [5.41, 5.74) is 0. The third-order valence-electron chi connectivity index (χ3n) is 5.40. The van der Waals surface area contributed by atoms with Gasteiger partial charge in [0.1, 0.15) is 0 Å². The molecule has 0 heterocycles. The van der Waals surface area contributed by atoms with E-state index in [0.717, 1.165) is 5.92 Å². The monoisotopic (exact) mass is 324 g/mol. The van der Waals surface area contributed by atoms with Crippen LogP contribution < -0.4 is 0 Å². The zero-order valence-corrected chi connectivity index (χ0v) is 17.0. The molecule has 0 heteroatoms. The normalized spacial score (nSPS) is 12.7. The second kappa shape index (κ2) is 20.0. The summed E-state index contributed by atoms with van der Waals surface area (Å²) in [6.07, 6.45) is 27.8. The number of hydrogen-bond acceptors (Lipinski definition) is 0. The Hall–Kier alpha value is 0. The molecule has 0 N–H and O–H groups in total. The first kappa shape index (κ1) is 23.0. The summed E-state index contributed by atoms with van der Waals surface area (Å²) >= 11 is 0. The van der Waals surface area contributed by atoms with E-state index in [2.05, 4.69) is 20.8 Å². The van der Waals surface area contributed by atoms with E-state index in [9.17, 15) is 0 Å². The standard InChI is InChI=1S/C23H48/c1-4-7-10-12-14-16-19-22-23(20-17-9-6-3)21-18-15-13-11-8-5-2/h23H,4-22H2,1-3H3. The van der Waals surface area contributed by atoms with Crippen LogP contribution in [-0.2, 0) is 0 Å². The van der Waals surface area contributed by atoms with Gasteiger partial charge in [-0.3, -0.25) is 0 Å². The SMILES string of the molecule is CCCCCCCCCC(CCCCC)CCCCCCCC. The minimum absolute atomic E-state index is 1.04. The van der Waals surface area contributed by atoms with Crippen molar-refractivity contribution in [2.45, 2.75) is 143 Å². The highest BCUT2D eigenvalue weighted by Crippen LogP contribution is 2.24. The van der Waals surface area contributed by atoms with E-state index in [0.29, 0.717) is 0 Å². The lowest BCUT2D eigenvalue weighted by Crippen LogP contribution is -2.01. The molecular weight excluding hydrogens is 276 g/mol. The second-order valence-corrected chi connectivity index (χ2v) is 7.83. The van der Waals surface area contributed by atoms with E-state index >= 15 is 0 Å². The molecule has 0 saturated carbocycles. The number of hydrogen-bond donors (Lipinski definition) is 0. The number of unbranched alkanes of at least 4 members (excludes halogenated alkanes) is 13. The van der Waals surface area contributed by atoms with Crippen LogP contribution in [0.3, 0.4) is 0 Å². The molecule has 0 nitrogen and oxygen atoms in total. The molecule has 0 aliphatic heterocycles. The Bertz CT molecular complexity index is 196. The third-order valence-corrected chi connectivity index (χ3v) is 5.40. The highest BCUT2D eigenvalue weighted by Gasteiger charge is 2.08. The maximum Gasteiger partial charge on any atom is -0.0414 e. The van der Waals surface area contributed by atoms with Crippen LogP contribution in [0.25, 0.3) is 0 Å². The quantitative estimate of drug-likeness (QED) is 0.208. The van der Waals surface area contributed by atoms with Crippen molar-refractivity contribution in [2.75, 3.05) is 0 Å². The predicted molar refractivity (Wildman–Crippen MR) is 108 cm³/mol. The van der Waals surface area contributed by atoms with Gasteiger partial charge in [-0.15, -0.1) is 0 Å². The van der Waals surface area contributed by atoms with Gasteiger partial charge in [-0.05, 0) is 5.92 Å². The van der Waals surface area contributed by atoms with Crippen molar-refractivity contribution < 1.29 is 0 Å². The molecule has 0 spiro atoms. The summed E-state index contributed by atoms with van der Waals surface area (Å²) in [7, 11) is 0. The van der Waals surface area contributed by atoms with Crippen molar-refractivity contribution in [3.8, 4) is 0 Å². The van der Waals surface area contributed by atoms with Gasteiger partial charge in [-0.1, -0.05) is 143 Å². The van der Waals surface area contributed by atoms with E-state index in [1.54, 1.807) is 0 Å². The van der Waals surface area contributed by atoms with Gasteiger partial charge in [0, 0.05) is 0 Å². The number of rotatable bonds is 19. The average Bonchev–Trinajstić information content (AvgIpc) is 2.56. The summed E-state index contributed by atoms with van der Waals surface area (Å²) in [6.45, 7) is 6.95. The van der Waals surface area contributed by atoms with Crippen molar-refractivity contribution >= 4 is 0 Å². The molecule has 0 amide bonds. The van der Waals surface area contributed by atoms with Gasteiger partial charge in [-0.2, -0.15) is 0 Å². The van der Waals surface area contributed by atoms with Crippen LogP contribution in [0.2, 0.25) is 0 Å². The van der Waals surface area contributed by atoms with Crippen molar-refractivity contribution in [1.29, 1.82) is 0 Å². The van der Waals surface area contributed by atoms with Crippen LogP contribution in [-0.4, -0.2) is 0 Å². The first-order valence-electron chi connectivity index (χ1n) is 11.3. The highest BCUT2D eigenvalue weighted by molar-refractivity contribution is 4.61. The second-order valence-electron chi connectivity index (χ2n) is 7.83. The van der Waals surface area contributed by atoms with Crippen LogP contribution in [0.5, 0.6) is 0 Å². The van der Waals surface area contributed by atoms with Crippen molar-refractivity contribution in [2.24, 2.45) is 5.92 Å². The molecule has 23 heavy (non-hydrogen) atoms. The Morgan fingerprint density at radius 3 is 1.00 bits per heavy atom. The van der Waals surface area contributed by atoms with E-state index in [4.69, 9.17) is 0 Å². The minimum atomic E-state index is 1.04. The molecular formula is C23H48. The topological polar surface area (TPSA) is 0 Å². The van der Waals surface area contributed by atoms with Crippen LogP contribution in [0, 0.1) is 5.92 Å². The predicted octanol–water partition coefficient (Wildman–Crippen LogP) is 9.07. The lowest BCUT2D eigenvalue weighted by molar-refractivity contribution is 0.368. The molecule has 0 saturated heterocycles. The first-order chi connectivity index (χ1) is 11.3. The van der Waals surface area contributed by atoms with Gasteiger partial charge in [0.25, 0.3) is 0 Å². The van der Waals surface area contributed by atoms with E-state index in [1.165, 1.54) is 122 Å². The van der Waals surface area contributed by atoms with Gasteiger partial charge in [0.05, 0.1) is 0 Å². The molecule has 0 bridgehead atoms. The highest BCUT2D eigenvalue weighted by atomic mass is 14.1. The molecule has 1 unspecified atom stereocenters. The molecule has 0 aromatic carbocycles. The fourth-order valence-corrected chi connectivity index (χ4v) is 3.72. The third kappa shape index (κ3) is 18.2. The van der Waals surface area contributed by atoms with E-state index in [1.807, 2.05) is 0 Å². The molecule has 0 aliphatic rings. The Kier molecular flexibility index (Phi) is 20.0. The molecule has 140 valence electrons. The molecule has 0 radical (unpaired) electrons. The van der Waals surface area contributed by atoms with Gasteiger partial charge in [-0.25, -0.2) is 0 Å². The molecule has 0 aromatic rings. The first-order valence-corrected chi connectivity index (χ1v) is 11.3. The van der Waals surface area contributed by atoms with E-state index in [-0.39, 0.29) is 0 Å². The van der Waals surface area contributed by atoms with Crippen molar-refractivity contribution in [3.05, 3.63) is 0 Å². The lowest BCUT2D eigenvalue weighted by Gasteiger charge is -2.17. The molecule has 0 aromatic heterocycles. The van der Waals surface area contributed by atoms with Gasteiger partial charge < -0.3 is 0 Å². The molecule has 0 rings (SSSR count). The molecule has 0 aliphatic carbocycles. The van der Waals surface area contributed by atoms with Crippen LogP contribution >= 0.6 is 0 Å². The van der Waals surface area contributed by atoms with Crippen LogP contribution in [0.4, 0.5) is 0 Å². The Morgan fingerprint density at radius 1 is 0.348 bits per heavy atom.